The van der Waals surface area contributed by atoms with E-state index in [2.05, 4.69) is 105 Å². The van der Waals surface area contributed by atoms with Crippen LogP contribution in [0.15, 0.2) is 71.7 Å². The van der Waals surface area contributed by atoms with Crippen molar-refractivity contribution in [1.29, 1.82) is 0 Å². The highest BCUT2D eigenvalue weighted by molar-refractivity contribution is 5.72. The lowest BCUT2D eigenvalue weighted by Gasteiger charge is -2.23. The van der Waals surface area contributed by atoms with Crippen LogP contribution in [0.4, 0.5) is 5.69 Å². The van der Waals surface area contributed by atoms with Crippen molar-refractivity contribution in [3.05, 3.63) is 88.4 Å². The van der Waals surface area contributed by atoms with Crippen molar-refractivity contribution in [2.45, 2.75) is 65.5 Å². The predicted octanol–water partition coefficient (Wildman–Crippen LogP) is 6.50. The standard InChI is InChI=1S/C31H42N4/c1-21-17-22(2)33-24(4)31(21)32-16-15-27-18-28(26-13-11-25(12-14-26)20-35(5)6)19-30(23(27)3)34-29-9-7-8-10-29/h11-14,17-19,29,32-34H,4,7-10,15-16,20H2,1-3,5-6H3. The van der Waals surface area contributed by atoms with E-state index in [1.165, 1.54) is 64.8 Å². The molecule has 2 aliphatic rings. The van der Waals surface area contributed by atoms with Gasteiger partial charge in [-0.05, 0) is 99.7 Å². The lowest BCUT2D eigenvalue weighted by molar-refractivity contribution is 0.402. The van der Waals surface area contributed by atoms with Crippen LogP contribution in [0.25, 0.3) is 11.1 Å². The highest BCUT2D eigenvalue weighted by Crippen LogP contribution is 2.32. The average Bonchev–Trinajstić information content (AvgIpc) is 3.31. The molecule has 1 aliphatic heterocycles. The Kier molecular flexibility index (Phi) is 8.02. The van der Waals surface area contributed by atoms with Crippen molar-refractivity contribution in [3.63, 3.8) is 0 Å². The number of allylic oxidation sites excluding steroid dienone is 3. The lowest BCUT2D eigenvalue weighted by Crippen LogP contribution is -2.27. The molecule has 0 bridgehead atoms. The van der Waals surface area contributed by atoms with Crippen LogP contribution < -0.4 is 16.0 Å². The van der Waals surface area contributed by atoms with Crippen molar-refractivity contribution in [1.82, 2.24) is 15.5 Å². The summed E-state index contributed by atoms with van der Waals surface area (Å²) >= 11 is 0. The molecule has 2 aromatic carbocycles. The van der Waals surface area contributed by atoms with Gasteiger partial charge in [-0.2, -0.15) is 0 Å². The molecule has 3 N–H and O–H groups in total. The van der Waals surface area contributed by atoms with Crippen LogP contribution in [0.2, 0.25) is 0 Å². The number of rotatable bonds is 9. The number of dihydropyridines is 1. The zero-order valence-electron chi connectivity index (χ0n) is 22.2. The first kappa shape index (κ1) is 25.1. The highest BCUT2D eigenvalue weighted by Gasteiger charge is 2.18. The minimum atomic E-state index is 0.594. The first-order valence-electron chi connectivity index (χ1n) is 13.0. The third-order valence-corrected chi connectivity index (χ3v) is 7.19. The van der Waals surface area contributed by atoms with Crippen LogP contribution in [0.5, 0.6) is 0 Å². The van der Waals surface area contributed by atoms with Gasteiger partial charge in [0.2, 0.25) is 0 Å². The van der Waals surface area contributed by atoms with E-state index in [1.54, 1.807) is 0 Å². The second kappa shape index (κ2) is 11.2. The molecule has 0 amide bonds. The molecule has 0 atom stereocenters. The van der Waals surface area contributed by atoms with Gasteiger partial charge in [0, 0.05) is 30.5 Å². The van der Waals surface area contributed by atoms with Crippen LogP contribution in [0.1, 0.15) is 56.2 Å². The van der Waals surface area contributed by atoms with E-state index in [0.29, 0.717) is 6.04 Å². The van der Waals surface area contributed by atoms with Crippen LogP contribution >= 0.6 is 0 Å². The summed E-state index contributed by atoms with van der Waals surface area (Å²) in [7, 11) is 4.23. The third kappa shape index (κ3) is 6.37. The van der Waals surface area contributed by atoms with Gasteiger partial charge in [0.25, 0.3) is 0 Å². The summed E-state index contributed by atoms with van der Waals surface area (Å²) in [5.41, 5.74) is 12.4. The van der Waals surface area contributed by atoms with E-state index < -0.39 is 0 Å². The van der Waals surface area contributed by atoms with Gasteiger partial charge in [-0.1, -0.05) is 49.8 Å². The van der Waals surface area contributed by atoms with Gasteiger partial charge in [-0.15, -0.1) is 0 Å². The van der Waals surface area contributed by atoms with Gasteiger partial charge in [0.15, 0.2) is 0 Å². The SMILES string of the molecule is C=C1NC(C)=CC(C)=C1NCCc1cc(-c2ccc(CN(C)C)cc2)cc(NC2CCCC2)c1C. The monoisotopic (exact) mass is 470 g/mol. The Morgan fingerprint density at radius 3 is 2.37 bits per heavy atom. The van der Waals surface area contributed by atoms with E-state index in [-0.39, 0.29) is 0 Å². The van der Waals surface area contributed by atoms with E-state index in [4.69, 9.17) is 0 Å². The summed E-state index contributed by atoms with van der Waals surface area (Å²) in [5, 5.41) is 10.9. The normalized spacial score (nSPS) is 16.5. The molecule has 4 heteroatoms. The van der Waals surface area contributed by atoms with Gasteiger partial charge in [-0.25, -0.2) is 0 Å². The molecule has 1 fully saturated rings. The maximum absolute atomic E-state index is 4.20. The van der Waals surface area contributed by atoms with E-state index >= 15 is 0 Å². The van der Waals surface area contributed by atoms with Gasteiger partial charge >= 0.3 is 0 Å². The van der Waals surface area contributed by atoms with Gasteiger partial charge < -0.3 is 20.9 Å². The highest BCUT2D eigenvalue weighted by atomic mass is 15.0. The molecule has 0 aromatic heterocycles. The Labute approximate surface area is 212 Å². The fourth-order valence-corrected chi connectivity index (χ4v) is 5.35. The quantitative estimate of drug-likeness (QED) is 0.391. The number of hydrogen-bond donors (Lipinski definition) is 3. The zero-order valence-corrected chi connectivity index (χ0v) is 22.2. The second-order valence-electron chi connectivity index (χ2n) is 10.5. The van der Waals surface area contributed by atoms with Crippen LogP contribution in [-0.4, -0.2) is 31.6 Å². The average molecular weight is 471 g/mol. The summed E-state index contributed by atoms with van der Waals surface area (Å²) in [6, 6.07) is 14.4. The summed E-state index contributed by atoms with van der Waals surface area (Å²) in [6.45, 7) is 12.5. The maximum atomic E-state index is 4.20. The first-order valence-corrected chi connectivity index (χ1v) is 13.0. The summed E-state index contributed by atoms with van der Waals surface area (Å²) in [4.78, 5) is 2.21. The molecule has 2 aromatic rings. The van der Waals surface area contributed by atoms with Crippen molar-refractivity contribution in [3.8, 4) is 11.1 Å². The number of benzene rings is 2. The smallest absolute Gasteiger partial charge is 0.0603 e. The van der Waals surface area contributed by atoms with E-state index in [9.17, 15) is 0 Å². The molecule has 1 aliphatic carbocycles. The molecule has 0 unspecified atom stereocenters. The van der Waals surface area contributed by atoms with Crippen LogP contribution in [0, 0.1) is 6.92 Å². The first-order chi connectivity index (χ1) is 16.8. The Hall–Kier alpha value is -2.98. The summed E-state index contributed by atoms with van der Waals surface area (Å²) in [6.07, 6.45) is 8.35. The van der Waals surface area contributed by atoms with Gasteiger partial charge in [0.05, 0.1) is 11.4 Å². The molecule has 0 spiro atoms. The molecule has 0 saturated heterocycles. The van der Waals surface area contributed by atoms with Crippen LogP contribution in [0.3, 0.4) is 0 Å². The zero-order chi connectivity index (χ0) is 24.9. The fourth-order valence-electron chi connectivity index (χ4n) is 5.35. The Morgan fingerprint density at radius 1 is 1.00 bits per heavy atom. The second-order valence-corrected chi connectivity index (χ2v) is 10.5. The van der Waals surface area contributed by atoms with Crippen LogP contribution in [-0.2, 0) is 13.0 Å². The molecule has 4 rings (SSSR count). The number of anilines is 1. The minimum Gasteiger partial charge on any atom is -0.383 e. The molecule has 35 heavy (non-hydrogen) atoms. The van der Waals surface area contributed by atoms with Crippen molar-refractivity contribution in [2.75, 3.05) is 26.0 Å². The van der Waals surface area contributed by atoms with Crippen molar-refractivity contribution >= 4 is 5.69 Å². The Morgan fingerprint density at radius 2 is 1.71 bits per heavy atom. The molecule has 1 heterocycles. The maximum Gasteiger partial charge on any atom is 0.0603 e. The molecule has 4 nitrogen and oxygen atoms in total. The Bertz CT molecular complexity index is 1120. The Balaban J connectivity index is 1.57. The summed E-state index contributed by atoms with van der Waals surface area (Å²) < 4.78 is 0. The van der Waals surface area contributed by atoms with Gasteiger partial charge in [0.1, 0.15) is 0 Å². The van der Waals surface area contributed by atoms with Crippen molar-refractivity contribution in [2.24, 2.45) is 0 Å². The van der Waals surface area contributed by atoms with Gasteiger partial charge in [-0.3, -0.25) is 0 Å². The van der Waals surface area contributed by atoms with E-state index in [0.717, 1.165) is 36.6 Å². The third-order valence-electron chi connectivity index (χ3n) is 7.19. The van der Waals surface area contributed by atoms with Crippen molar-refractivity contribution < 1.29 is 0 Å². The largest absolute Gasteiger partial charge is 0.383 e. The predicted molar refractivity (Wildman–Crippen MR) is 150 cm³/mol. The lowest BCUT2D eigenvalue weighted by atomic mass is 9.95. The molecular formula is C31H42N4. The van der Waals surface area contributed by atoms with E-state index in [1.807, 2.05) is 0 Å². The molecular weight excluding hydrogens is 428 g/mol. The minimum absolute atomic E-state index is 0.594. The number of nitrogens with zero attached hydrogens (tertiary/aromatic N) is 1. The molecule has 186 valence electrons. The topological polar surface area (TPSA) is 39.3 Å². The summed E-state index contributed by atoms with van der Waals surface area (Å²) in [5.74, 6) is 0. The molecule has 1 saturated carbocycles. The number of nitrogens with one attached hydrogen (secondary N) is 3. The fraction of sp³-hybridized carbons (Fsp3) is 0.419. The molecule has 0 radical (unpaired) electrons. The number of hydrogen-bond acceptors (Lipinski definition) is 4.